The van der Waals surface area contributed by atoms with E-state index in [-0.39, 0.29) is 11.7 Å². The smallest absolute Gasteiger partial charge is 0.255 e. The molecule has 2 aromatic rings. The standard InChI is InChI=1S/C18H21NO4S/c1-13(2)24(21,22)12-14-5-4-6-16(11-14)19-18(20)15-7-9-17(23-3)10-8-15/h4-11,13H,12H2,1-3H3,(H,19,20). The van der Waals surface area contributed by atoms with Gasteiger partial charge in [0.2, 0.25) is 0 Å². The third kappa shape index (κ3) is 4.58. The third-order valence-corrected chi connectivity index (χ3v) is 5.80. The van der Waals surface area contributed by atoms with Crippen LogP contribution in [0.4, 0.5) is 5.69 Å². The first kappa shape index (κ1) is 18.0. The predicted octanol–water partition coefficient (Wildman–Crippen LogP) is 3.27. The third-order valence-electron chi connectivity index (χ3n) is 3.62. The molecule has 5 nitrogen and oxygen atoms in total. The molecule has 0 radical (unpaired) electrons. The van der Waals surface area contributed by atoms with E-state index in [0.29, 0.717) is 22.6 Å². The molecule has 1 amide bonds. The lowest BCUT2D eigenvalue weighted by molar-refractivity contribution is 0.102. The second kappa shape index (κ2) is 7.49. The summed E-state index contributed by atoms with van der Waals surface area (Å²) in [5.74, 6) is 0.366. The summed E-state index contributed by atoms with van der Waals surface area (Å²) in [4.78, 5) is 12.2. The van der Waals surface area contributed by atoms with E-state index in [4.69, 9.17) is 4.74 Å². The summed E-state index contributed by atoms with van der Waals surface area (Å²) >= 11 is 0. The summed E-state index contributed by atoms with van der Waals surface area (Å²) in [6.07, 6.45) is 0. The van der Waals surface area contributed by atoms with Crippen molar-refractivity contribution in [2.75, 3.05) is 12.4 Å². The van der Waals surface area contributed by atoms with Gasteiger partial charge in [-0.2, -0.15) is 0 Å². The highest BCUT2D eigenvalue weighted by Crippen LogP contribution is 2.17. The lowest BCUT2D eigenvalue weighted by Gasteiger charge is -2.10. The fourth-order valence-corrected chi connectivity index (χ4v) is 3.06. The zero-order chi connectivity index (χ0) is 17.7. The van der Waals surface area contributed by atoms with Gasteiger partial charge in [-0.25, -0.2) is 8.42 Å². The van der Waals surface area contributed by atoms with Gasteiger partial charge in [0.25, 0.3) is 5.91 Å². The van der Waals surface area contributed by atoms with Crippen molar-refractivity contribution in [2.45, 2.75) is 24.9 Å². The Hall–Kier alpha value is -2.34. The maximum absolute atomic E-state index is 12.2. The van der Waals surface area contributed by atoms with Gasteiger partial charge in [0, 0.05) is 11.3 Å². The highest BCUT2D eigenvalue weighted by molar-refractivity contribution is 7.91. The number of rotatable bonds is 6. The second-order valence-corrected chi connectivity index (χ2v) is 8.30. The first-order valence-corrected chi connectivity index (χ1v) is 9.29. The van der Waals surface area contributed by atoms with Crippen molar-refractivity contribution in [3.8, 4) is 5.75 Å². The lowest BCUT2D eigenvalue weighted by Crippen LogP contribution is -2.16. The minimum Gasteiger partial charge on any atom is -0.497 e. The molecular formula is C18H21NO4S. The summed E-state index contributed by atoms with van der Waals surface area (Å²) in [6.45, 7) is 3.31. The molecule has 0 saturated heterocycles. The van der Waals surface area contributed by atoms with Crippen LogP contribution in [0.3, 0.4) is 0 Å². The summed E-state index contributed by atoms with van der Waals surface area (Å²) in [6, 6.07) is 13.6. The Morgan fingerprint density at radius 3 is 2.38 bits per heavy atom. The van der Waals surface area contributed by atoms with E-state index in [2.05, 4.69) is 5.32 Å². The molecule has 1 N–H and O–H groups in total. The van der Waals surface area contributed by atoms with Crippen LogP contribution in [0.1, 0.15) is 29.8 Å². The van der Waals surface area contributed by atoms with Crippen molar-refractivity contribution in [3.63, 3.8) is 0 Å². The van der Waals surface area contributed by atoms with Crippen LogP contribution in [0, 0.1) is 0 Å². The van der Waals surface area contributed by atoms with Gasteiger partial charge in [-0.1, -0.05) is 12.1 Å². The van der Waals surface area contributed by atoms with Gasteiger partial charge in [-0.3, -0.25) is 4.79 Å². The largest absolute Gasteiger partial charge is 0.497 e. The van der Waals surface area contributed by atoms with E-state index >= 15 is 0 Å². The summed E-state index contributed by atoms with van der Waals surface area (Å²) < 4.78 is 29.1. The molecule has 2 aromatic carbocycles. The maximum atomic E-state index is 12.2. The predicted molar refractivity (Wildman–Crippen MR) is 95.1 cm³/mol. The average Bonchev–Trinajstić information content (AvgIpc) is 2.54. The molecule has 0 aliphatic heterocycles. The molecule has 6 heteroatoms. The minimum absolute atomic E-state index is 0.0447. The molecule has 0 spiro atoms. The number of anilines is 1. The molecule has 0 unspecified atom stereocenters. The van der Waals surface area contributed by atoms with Crippen molar-refractivity contribution in [1.29, 1.82) is 0 Å². The van der Waals surface area contributed by atoms with E-state index in [1.807, 2.05) is 0 Å². The molecule has 0 saturated carbocycles. The molecule has 0 aromatic heterocycles. The SMILES string of the molecule is COc1ccc(C(=O)Nc2cccc(CS(=O)(=O)C(C)C)c2)cc1. The van der Waals surface area contributed by atoms with Crippen LogP contribution < -0.4 is 10.1 Å². The van der Waals surface area contributed by atoms with Crippen molar-refractivity contribution in [3.05, 3.63) is 59.7 Å². The van der Waals surface area contributed by atoms with E-state index in [1.54, 1.807) is 69.5 Å². The molecular weight excluding hydrogens is 326 g/mol. The van der Waals surface area contributed by atoms with Gasteiger partial charge in [0.1, 0.15) is 5.75 Å². The number of ether oxygens (including phenoxy) is 1. The molecule has 0 aliphatic carbocycles. The van der Waals surface area contributed by atoms with Gasteiger partial charge >= 0.3 is 0 Å². The summed E-state index contributed by atoms with van der Waals surface area (Å²) in [7, 11) is -1.62. The van der Waals surface area contributed by atoms with Crippen LogP contribution in [-0.2, 0) is 15.6 Å². The number of carbonyl (C=O) groups excluding carboxylic acids is 1. The van der Waals surface area contributed by atoms with Gasteiger partial charge in [0.15, 0.2) is 9.84 Å². The van der Waals surface area contributed by atoms with Gasteiger partial charge in [0.05, 0.1) is 18.1 Å². The van der Waals surface area contributed by atoms with Crippen LogP contribution in [0.2, 0.25) is 0 Å². The number of hydrogen-bond donors (Lipinski definition) is 1. The topological polar surface area (TPSA) is 72.5 Å². The number of benzene rings is 2. The number of methoxy groups -OCH3 is 1. The van der Waals surface area contributed by atoms with E-state index < -0.39 is 15.1 Å². The Balaban J connectivity index is 2.12. The van der Waals surface area contributed by atoms with Crippen LogP contribution in [0.15, 0.2) is 48.5 Å². The highest BCUT2D eigenvalue weighted by atomic mass is 32.2. The van der Waals surface area contributed by atoms with E-state index in [1.165, 1.54) is 0 Å². The first-order valence-electron chi connectivity index (χ1n) is 7.58. The molecule has 0 fully saturated rings. The molecule has 0 heterocycles. The van der Waals surface area contributed by atoms with Crippen LogP contribution in [0.5, 0.6) is 5.75 Å². The fraction of sp³-hybridized carbons (Fsp3) is 0.278. The molecule has 2 rings (SSSR count). The zero-order valence-corrected chi connectivity index (χ0v) is 14.8. The number of nitrogens with one attached hydrogen (secondary N) is 1. The fourth-order valence-electron chi connectivity index (χ4n) is 2.08. The van der Waals surface area contributed by atoms with Gasteiger partial charge in [-0.05, 0) is 55.8 Å². The van der Waals surface area contributed by atoms with Crippen molar-refractivity contribution < 1.29 is 17.9 Å². The van der Waals surface area contributed by atoms with Crippen molar-refractivity contribution in [1.82, 2.24) is 0 Å². The summed E-state index contributed by atoms with van der Waals surface area (Å²) in [5.41, 5.74) is 1.71. The molecule has 24 heavy (non-hydrogen) atoms. The quantitative estimate of drug-likeness (QED) is 0.870. The van der Waals surface area contributed by atoms with Crippen molar-refractivity contribution >= 4 is 21.4 Å². The maximum Gasteiger partial charge on any atom is 0.255 e. The number of sulfone groups is 1. The molecule has 0 atom stereocenters. The van der Waals surface area contributed by atoms with E-state index in [9.17, 15) is 13.2 Å². The van der Waals surface area contributed by atoms with E-state index in [0.717, 1.165) is 0 Å². The monoisotopic (exact) mass is 347 g/mol. The normalized spacial score (nSPS) is 11.3. The lowest BCUT2D eigenvalue weighted by atomic mass is 10.2. The zero-order valence-electron chi connectivity index (χ0n) is 13.9. The Kier molecular flexibility index (Phi) is 5.62. The second-order valence-electron chi connectivity index (χ2n) is 5.74. The first-order chi connectivity index (χ1) is 11.3. The Bertz CT molecular complexity index is 811. The van der Waals surface area contributed by atoms with Crippen LogP contribution in [-0.4, -0.2) is 26.7 Å². The van der Waals surface area contributed by atoms with Crippen LogP contribution >= 0.6 is 0 Å². The Morgan fingerprint density at radius 1 is 1.12 bits per heavy atom. The van der Waals surface area contributed by atoms with Gasteiger partial charge in [-0.15, -0.1) is 0 Å². The molecule has 0 aliphatic rings. The Morgan fingerprint density at radius 2 is 1.79 bits per heavy atom. The number of carbonyl (C=O) groups is 1. The van der Waals surface area contributed by atoms with Crippen molar-refractivity contribution in [2.24, 2.45) is 0 Å². The highest BCUT2D eigenvalue weighted by Gasteiger charge is 2.17. The van der Waals surface area contributed by atoms with Crippen LogP contribution in [0.25, 0.3) is 0 Å². The molecule has 0 bridgehead atoms. The number of hydrogen-bond acceptors (Lipinski definition) is 4. The average molecular weight is 347 g/mol. The molecule has 128 valence electrons. The number of amides is 1. The summed E-state index contributed by atoms with van der Waals surface area (Å²) in [5, 5.41) is 2.34. The Labute approximate surface area is 142 Å². The van der Waals surface area contributed by atoms with Gasteiger partial charge < -0.3 is 10.1 Å². The minimum atomic E-state index is -3.18.